The van der Waals surface area contributed by atoms with Gasteiger partial charge in [0, 0.05) is 6.04 Å². The van der Waals surface area contributed by atoms with Gasteiger partial charge < -0.3 is 15.2 Å². The number of nitrogens with one attached hydrogen (secondary N) is 2. The van der Waals surface area contributed by atoms with Crippen LogP contribution in [0.5, 0.6) is 5.75 Å². The summed E-state index contributed by atoms with van der Waals surface area (Å²) in [6.07, 6.45) is 6.39. The Balaban J connectivity index is 0.00000441. The van der Waals surface area contributed by atoms with Gasteiger partial charge in [0.15, 0.2) is 0 Å². The lowest BCUT2D eigenvalue weighted by atomic mass is 9.97. The Morgan fingerprint density at radius 1 is 0.975 bits per heavy atom. The fraction of sp³-hybridized carbons (Fsp3) is 0.387. The second-order valence-electron chi connectivity index (χ2n) is 10.3. The van der Waals surface area contributed by atoms with Crippen molar-refractivity contribution in [1.82, 2.24) is 10.0 Å². The van der Waals surface area contributed by atoms with Crippen molar-refractivity contribution < 1.29 is 23.1 Å². The van der Waals surface area contributed by atoms with Gasteiger partial charge in [0.2, 0.25) is 10.0 Å². The number of sulfonamides is 1. The van der Waals surface area contributed by atoms with Gasteiger partial charge in [0.1, 0.15) is 5.75 Å². The molecule has 1 aliphatic rings. The summed E-state index contributed by atoms with van der Waals surface area (Å²) in [6, 6.07) is 23.1. The van der Waals surface area contributed by atoms with Crippen LogP contribution in [-0.2, 0) is 16.4 Å². The number of ether oxygens (including phenoxy) is 1. The molecule has 1 aliphatic carbocycles. The lowest BCUT2D eigenvalue weighted by Gasteiger charge is -2.24. The zero-order chi connectivity index (χ0) is 27.8. The quantitative estimate of drug-likeness (QED) is 0.277. The molecule has 4 rings (SSSR count). The molecule has 0 spiro atoms. The van der Waals surface area contributed by atoms with Gasteiger partial charge in [-0.25, -0.2) is 13.1 Å². The lowest BCUT2D eigenvalue weighted by molar-refractivity contribution is 0.0969. The van der Waals surface area contributed by atoms with E-state index in [0.29, 0.717) is 5.75 Å². The normalized spacial score (nSPS) is 15.5. The summed E-state index contributed by atoms with van der Waals surface area (Å²) in [7, 11) is -3.69. The molecule has 9 heteroatoms. The molecule has 0 aromatic heterocycles. The van der Waals surface area contributed by atoms with Crippen LogP contribution >= 0.6 is 12.4 Å². The van der Waals surface area contributed by atoms with Crippen molar-refractivity contribution >= 4 is 28.3 Å². The summed E-state index contributed by atoms with van der Waals surface area (Å²) in [4.78, 5) is 12.7. The first-order valence-corrected chi connectivity index (χ1v) is 15.5. The Hall–Kier alpha value is -2.91. The number of carbonyl (C=O) groups is 1. The Morgan fingerprint density at radius 2 is 1.62 bits per heavy atom. The molecule has 40 heavy (non-hydrogen) atoms. The molecule has 216 valence electrons. The number of rotatable bonds is 11. The molecule has 1 fully saturated rings. The van der Waals surface area contributed by atoms with Crippen LogP contribution in [0.25, 0.3) is 11.1 Å². The van der Waals surface area contributed by atoms with Crippen molar-refractivity contribution in [1.29, 1.82) is 0 Å². The van der Waals surface area contributed by atoms with E-state index >= 15 is 0 Å². The fourth-order valence-corrected chi connectivity index (χ4v) is 5.38. The maximum Gasteiger partial charge on any atom is 0.268 e. The maximum absolute atomic E-state index is 12.7. The molecular formula is C31H39ClN2O5S. The lowest BCUT2D eigenvalue weighted by Crippen LogP contribution is -2.33. The summed E-state index contributed by atoms with van der Waals surface area (Å²) in [5.74, 6) is -0.288. The van der Waals surface area contributed by atoms with Crippen LogP contribution in [-0.4, -0.2) is 44.4 Å². The number of halogens is 1. The highest BCUT2D eigenvalue weighted by Gasteiger charge is 2.22. The number of benzene rings is 3. The zero-order valence-electron chi connectivity index (χ0n) is 23.0. The molecule has 0 heterocycles. The van der Waals surface area contributed by atoms with Crippen molar-refractivity contribution in [3.8, 4) is 16.9 Å². The van der Waals surface area contributed by atoms with E-state index in [1.54, 1.807) is 6.07 Å². The number of hydrogen-bond acceptors (Lipinski definition) is 6. The molecule has 3 N–H and O–H groups in total. The van der Waals surface area contributed by atoms with Gasteiger partial charge in [0.25, 0.3) is 5.91 Å². The zero-order valence-corrected chi connectivity index (χ0v) is 24.6. The van der Waals surface area contributed by atoms with Gasteiger partial charge in [-0.3, -0.25) is 4.79 Å². The minimum atomic E-state index is -3.69. The second kappa shape index (κ2) is 14.6. The van der Waals surface area contributed by atoms with Crippen LogP contribution in [0.2, 0.25) is 0 Å². The number of aliphatic hydroxyl groups excluding tert-OH is 1. The number of carbonyl (C=O) groups excluding carboxylic acids is 1. The van der Waals surface area contributed by atoms with E-state index in [9.17, 15) is 18.3 Å². The van der Waals surface area contributed by atoms with E-state index in [1.165, 1.54) is 6.42 Å². The van der Waals surface area contributed by atoms with Gasteiger partial charge >= 0.3 is 0 Å². The molecule has 3 aromatic carbocycles. The Bertz CT molecular complexity index is 1340. The van der Waals surface area contributed by atoms with Gasteiger partial charge in [-0.1, -0.05) is 67.1 Å². The van der Waals surface area contributed by atoms with Crippen molar-refractivity contribution in [2.75, 3.05) is 12.8 Å². The highest BCUT2D eigenvalue weighted by molar-refractivity contribution is 7.89. The Morgan fingerprint density at radius 3 is 2.27 bits per heavy atom. The van der Waals surface area contributed by atoms with Crippen molar-refractivity contribution in [3.05, 3.63) is 89.5 Å². The highest BCUT2D eigenvalue weighted by atomic mass is 35.5. The molecule has 0 saturated heterocycles. The minimum Gasteiger partial charge on any atom is -0.490 e. The summed E-state index contributed by atoms with van der Waals surface area (Å²) in [5.41, 5.74) is 4.14. The van der Waals surface area contributed by atoms with Crippen LogP contribution in [0, 0.1) is 0 Å². The van der Waals surface area contributed by atoms with Crippen molar-refractivity contribution in [2.24, 2.45) is 0 Å². The Kier molecular flexibility index (Phi) is 11.6. The smallest absolute Gasteiger partial charge is 0.268 e. The predicted octanol–water partition coefficient (Wildman–Crippen LogP) is 5.43. The molecule has 0 unspecified atom stereocenters. The molecule has 2 atom stereocenters. The SMILES string of the molecule is C[C@H](NCCc1ccc(-c2ccc(C(=O)NS(C)(=O)=O)c(OC3CCCCC3)c2)cc1)[C@H](O)c1ccccc1.Cl. The van der Waals surface area contributed by atoms with E-state index in [-0.39, 0.29) is 30.1 Å². The molecule has 7 nitrogen and oxygen atoms in total. The van der Waals surface area contributed by atoms with Gasteiger partial charge in [-0.2, -0.15) is 0 Å². The summed E-state index contributed by atoms with van der Waals surface area (Å²) >= 11 is 0. The van der Waals surface area contributed by atoms with Crippen molar-refractivity contribution in [2.45, 2.75) is 63.7 Å². The predicted molar refractivity (Wildman–Crippen MR) is 162 cm³/mol. The summed E-state index contributed by atoms with van der Waals surface area (Å²) in [6.45, 7) is 2.71. The topological polar surface area (TPSA) is 105 Å². The molecule has 3 aromatic rings. The van der Waals surface area contributed by atoms with E-state index < -0.39 is 22.0 Å². The third kappa shape index (κ3) is 9.06. The average molecular weight is 587 g/mol. The molecule has 1 saturated carbocycles. The van der Waals surface area contributed by atoms with E-state index in [2.05, 4.69) is 22.2 Å². The van der Waals surface area contributed by atoms with Gasteiger partial charge in [-0.05, 0) is 80.0 Å². The number of aliphatic hydroxyl groups is 1. The maximum atomic E-state index is 12.7. The van der Waals surface area contributed by atoms with E-state index in [4.69, 9.17) is 4.74 Å². The molecular weight excluding hydrogens is 548 g/mol. The average Bonchev–Trinajstić information content (AvgIpc) is 2.93. The first kappa shape index (κ1) is 31.6. The first-order chi connectivity index (χ1) is 18.7. The first-order valence-electron chi connectivity index (χ1n) is 13.6. The highest BCUT2D eigenvalue weighted by Crippen LogP contribution is 2.31. The van der Waals surface area contributed by atoms with Crippen LogP contribution in [0.3, 0.4) is 0 Å². The molecule has 0 bridgehead atoms. The molecule has 0 radical (unpaired) electrons. The van der Waals surface area contributed by atoms with Crippen LogP contribution in [0.1, 0.15) is 66.6 Å². The van der Waals surface area contributed by atoms with Gasteiger partial charge in [0.05, 0.1) is 24.0 Å². The second-order valence-corrected chi connectivity index (χ2v) is 12.1. The fourth-order valence-electron chi connectivity index (χ4n) is 4.93. The summed E-state index contributed by atoms with van der Waals surface area (Å²) in [5, 5.41) is 14.0. The largest absolute Gasteiger partial charge is 0.490 e. The van der Waals surface area contributed by atoms with Crippen LogP contribution in [0.4, 0.5) is 0 Å². The molecule has 1 amide bonds. The van der Waals surface area contributed by atoms with E-state index in [0.717, 1.165) is 67.2 Å². The molecule has 0 aliphatic heterocycles. The van der Waals surface area contributed by atoms with Crippen LogP contribution < -0.4 is 14.8 Å². The third-order valence-electron chi connectivity index (χ3n) is 7.13. The monoisotopic (exact) mass is 586 g/mol. The standard InChI is InChI=1S/C31H38N2O5S.ClH/c1-22(30(34)25-9-5-3-6-10-25)32-20-19-23-13-15-24(16-14-23)26-17-18-28(31(35)33-39(2,36)37)29(21-26)38-27-11-7-4-8-12-27;/h3,5-6,9-10,13-18,21-22,27,30,32,34H,4,7-8,11-12,19-20H2,1-2H3,(H,33,35);1H/t22-,30-;/m0./s1. The Labute approximate surface area is 243 Å². The summed E-state index contributed by atoms with van der Waals surface area (Å²) < 4.78 is 31.6. The van der Waals surface area contributed by atoms with Gasteiger partial charge in [-0.15, -0.1) is 12.4 Å². The third-order valence-corrected chi connectivity index (χ3v) is 7.69. The number of hydrogen-bond donors (Lipinski definition) is 3. The minimum absolute atomic E-state index is 0. The van der Waals surface area contributed by atoms with E-state index in [1.807, 2.05) is 61.5 Å². The van der Waals surface area contributed by atoms with Crippen LogP contribution in [0.15, 0.2) is 72.8 Å². The van der Waals surface area contributed by atoms with Crippen molar-refractivity contribution in [3.63, 3.8) is 0 Å². The number of amides is 1.